The van der Waals surface area contributed by atoms with Gasteiger partial charge in [-0.2, -0.15) is 0 Å². The number of hydrogen-bond donors (Lipinski definition) is 1. The highest BCUT2D eigenvalue weighted by atomic mass is 79.9. The van der Waals surface area contributed by atoms with Crippen molar-refractivity contribution in [2.24, 2.45) is 7.05 Å². The average Bonchev–Trinajstić information content (AvgIpc) is 2.84. The molecule has 0 saturated carbocycles. The molecule has 0 radical (unpaired) electrons. The Labute approximate surface area is 173 Å². The van der Waals surface area contributed by atoms with Crippen LogP contribution in [0.5, 0.6) is 0 Å². The second kappa shape index (κ2) is 7.60. The van der Waals surface area contributed by atoms with E-state index in [0.717, 1.165) is 15.7 Å². The van der Waals surface area contributed by atoms with Gasteiger partial charge in [0.25, 0.3) is 15.6 Å². The number of rotatable bonds is 5. The quantitative estimate of drug-likeness (QED) is 0.616. The fraction of sp³-hybridized carbons (Fsp3) is 0.250. The molecule has 0 aliphatic rings. The molecule has 0 fully saturated rings. The first kappa shape index (κ1) is 20.4. The van der Waals surface area contributed by atoms with E-state index in [2.05, 4.69) is 20.7 Å². The summed E-state index contributed by atoms with van der Waals surface area (Å²) < 4.78 is 32.0. The number of benzene rings is 2. The largest absolute Gasteiger partial charge is 0.285 e. The number of anilines is 1. The summed E-state index contributed by atoms with van der Waals surface area (Å²) in [5.74, 6) is 0.106. The van der Waals surface area contributed by atoms with E-state index in [1.54, 1.807) is 39.7 Å². The molecule has 3 aromatic rings. The minimum Gasteiger partial charge on any atom is -0.285 e. The number of halogens is 1. The van der Waals surface area contributed by atoms with Crippen LogP contribution >= 0.6 is 15.9 Å². The number of aromatic nitrogens is 2. The lowest BCUT2D eigenvalue weighted by molar-refractivity contribution is 0.601. The van der Waals surface area contributed by atoms with E-state index in [0.29, 0.717) is 11.4 Å². The highest BCUT2D eigenvalue weighted by molar-refractivity contribution is 9.10. The Morgan fingerprint density at radius 3 is 2.25 bits per heavy atom. The van der Waals surface area contributed by atoms with Gasteiger partial charge in [-0.25, -0.2) is 13.1 Å². The van der Waals surface area contributed by atoms with Crippen molar-refractivity contribution in [1.82, 2.24) is 9.36 Å². The SMILES string of the molecule is Cc1c(C(C)C)c(=O)n(-c2ccc(S(=O)(=O)Nc3cccc(Br)c3)cc2)n1C. The van der Waals surface area contributed by atoms with E-state index < -0.39 is 10.0 Å². The van der Waals surface area contributed by atoms with Crippen LogP contribution in [0.3, 0.4) is 0 Å². The van der Waals surface area contributed by atoms with Gasteiger partial charge in [-0.15, -0.1) is 0 Å². The Bertz CT molecular complexity index is 1180. The van der Waals surface area contributed by atoms with Gasteiger partial charge < -0.3 is 0 Å². The molecule has 0 spiro atoms. The first-order valence-corrected chi connectivity index (χ1v) is 11.1. The van der Waals surface area contributed by atoms with Crippen LogP contribution in [-0.2, 0) is 17.1 Å². The molecule has 0 saturated heterocycles. The predicted octanol–water partition coefficient (Wildman–Crippen LogP) is 4.17. The van der Waals surface area contributed by atoms with Gasteiger partial charge in [0.1, 0.15) is 0 Å². The van der Waals surface area contributed by atoms with Gasteiger partial charge in [0.15, 0.2) is 0 Å². The van der Waals surface area contributed by atoms with E-state index in [1.165, 1.54) is 12.1 Å². The third-order valence-corrected chi connectivity index (χ3v) is 6.53. The van der Waals surface area contributed by atoms with E-state index in [1.807, 2.05) is 33.9 Å². The molecule has 1 aromatic heterocycles. The summed E-state index contributed by atoms with van der Waals surface area (Å²) in [5.41, 5.74) is 2.65. The minimum atomic E-state index is -3.73. The Morgan fingerprint density at radius 1 is 1.07 bits per heavy atom. The maximum atomic E-state index is 12.8. The zero-order valence-electron chi connectivity index (χ0n) is 16.1. The summed E-state index contributed by atoms with van der Waals surface area (Å²) in [6.07, 6.45) is 0. The predicted molar refractivity (Wildman–Crippen MR) is 115 cm³/mol. The average molecular weight is 464 g/mol. The molecule has 1 heterocycles. The molecule has 0 amide bonds. The number of sulfonamides is 1. The Hall–Kier alpha value is -2.32. The van der Waals surface area contributed by atoms with E-state index in [4.69, 9.17) is 0 Å². The van der Waals surface area contributed by atoms with Crippen molar-refractivity contribution in [1.29, 1.82) is 0 Å². The van der Waals surface area contributed by atoms with Crippen LogP contribution in [0, 0.1) is 6.92 Å². The van der Waals surface area contributed by atoms with Crippen molar-refractivity contribution >= 4 is 31.6 Å². The minimum absolute atomic E-state index is 0.0853. The summed E-state index contributed by atoms with van der Waals surface area (Å²) >= 11 is 3.32. The molecule has 8 heteroatoms. The monoisotopic (exact) mass is 463 g/mol. The molecule has 0 aliphatic carbocycles. The Morgan fingerprint density at radius 2 is 1.71 bits per heavy atom. The molecule has 2 aromatic carbocycles. The second-order valence-electron chi connectivity index (χ2n) is 6.90. The van der Waals surface area contributed by atoms with Crippen LogP contribution in [0.2, 0.25) is 0 Å². The summed E-state index contributed by atoms with van der Waals surface area (Å²) in [5, 5.41) is 0. The number of nitrogens with zero attached hydrogens (tertiary/aromatic N) is 2. The fourth-order valence-electron chi connectivity index (χ4n) is 3.22. The van der Waals surface area contributed by atoms with Crippen LogP contribution in [0.15, 0.2) is 62.7 Å². The molecule has 148 valence electrons. The van der Waals surface area contributed by atoms with Crippen molar-refractivity contribution in [3.05, 3.63) is 74.6 Å². The van der Waals surface area contributed by atoms with Crippen LogP contribution in [0.25, 0.3) is 5.69 Å². The maximum Gasteiger partial charge on any atom is 0.275 e. The van der Waals surface area contributed by atoms with E-state index in [9.17, 15) is 13.2 Å². The van der Waals surface area contributed by atoms with Crippen molar-refractivity contribution in [3.63, 3.8) is 0 Å². The zero-order chi connectivity index (χ0) is 20.6. The highest BCUT2D eigenvalue weighted by Crippen LogP contribution is 2.22. The van der Waals surface area contributed by atoms with E-state index in [-0.39, 0.29) is 16.4 Å². The van der Waals surface area contributed by atoms with Crippen molar-refractivity contribution in [3.8, 4) is 5.69 Å². The molecule has 0 aliphatic heterocycles. The summed E-state index contributed by atoms with van der Waals surface area (Å²) in [6.45, 7) is 5.88. The van der Waals surface area contributed by atoms with Gasteiger partial charge in [0.2, 0.25) is 0 Å². The van der Waals surface area contributed by atoms with Crippen molar-refractivity contribution < 1.29 is 8.42 Å². The lowest BCUT2D eigenvalue weighted by Crippen LogP contribution is -2.21. The second-order valence-corrected chi connectivity index (χ2v) is 9.50. The molecule has 28 heavy (non-hydrogen) atoms. The molecular weight excluding hydrogens is 442 g/mol. The first-order valence-electron chi connectivity index (χ1n) is 8.79. The van der Waals surface area contributed by atoms with Crippen LogP contribution in [0.1, 0.15) is 31.0 Å². The zero-order valence-corrected chi connectivity index (χ0v) is 18.5. The van der Waals surface area contributed by atoms with Crippen molar-refractivity contribution in [2.75, 3.05) is 4.72 Å². The first-order chi connectivity index (χ1) is 13.1. The van der Waals surface area contributed by atoms with Gasteiger partial charge in [-0.05, 0) is 55.3 Å². The maximum absolute atomic E-state index is 12.8. The summed E-state index contributed by atoms with van der Waals surface area (Å²) in [7, 11) is -1.91. The smallest absolute Gasteiger partial charge is 0.275 e. The molecular formula is C20H22BrN3O3S. The van der Waals surface area contributed by atoms with Crippen LogP contribution in [0.4, 0.5) is 5.69 Å². The van der Waals surface area contributed by atoms with Gasteiger partial charge in [0.05, 0.1) is 10.6 Å². The topological polar surface area (TPSA) is 73.1 Å². The molecule has 0 unspecified atom stereocenters. The van der Waals surface area contributed by atoms with Gasteiger partial charge in [-0.3, -0.25) is 14.2 Å². The number of nitrogens with one attached hydrogen (secondary N) is 1. The van der Waals surface area contributed by atoms with Crippen molar-refractivity contribution in [2.45, 2.75) is 31.6 Å². The van der Waals surface area contributed by atoms with Crippen LogP contribution < -0.4 is 10.3 Å². The number of hydrogen-bond acceptors (Lipinski definition) is 3. The van der Waals surface area contributed by atoms with Gasteiger partial charge >= 0.3 is 0 Å². The fourth-order valence-corrected chi connectivity index (χ4v) is 4.67. The molecule has 1 N–H and O–H groups in total. The van der Waals surface area contributed by atoms with E-state index >= 15 is 0 Å². The van der Waals surface area contributed by atoms with Gasteiger partial charge in [-0.1, -0.05) is 35.8 Å². The molecule has 3 rings (SSSR count). The molecule has 0 bridgehead atoms. The highest BCUT2D eigenvalue weighted by Gasteiger charge is 2.19. The Kier molecular flexibility index (Phi) is 5.54. The standard InChI is InChI=1S/C20H22BrN3O3S/c1-13(2)19-14(3)23(4)24(20(19)25)17-8-10-18(11-9-17)28(26,27)22-16-7-5-6-15(21)12-16/h5-13,22H,1-4H3. The molecule has 0 atom stereocenters. The third kappa shape index (κ3) is 3.79. The Balaban J connectivity index is 1.96. The lowest BCUT2D eigenvalue weighted by atomic mass is 10.0. The summed E-state index contributed by atoms with van der Waals surface area (Å²) in [4.78, 5) is 12.9. The lowest BCUT2D eigenvalue weighted by Gasteiger charge is -2.11. The third-order valence-electron chi connectivity index (χ3n) is 4.64. The molecule has 6 nitrogen and oxygen atoms in total. The summed E-state index contributed by atoms with van der Waals surface area (Å²) in [6, 6.07) is 13.2. The normalized spacial score (nSPS) is 11.8. The van der Waals surface area contributed by atoms with Crippen LogP contribution in [-0.4, -0.2) is 17.8 Å². The van der Waals surface area contributed by atoms with Gasteiger partial charge in [0, 0.05) is 28.5 Å².